The number of nitro groups is 1. The lowest BCUT2D eigenvalue weighted by molar-refractivity contribution is -0.384. The van der Waals surface area contributed by atoms with Crippen LogP contribution in [-0.4, -0.2) is 18.5 Å². The van der Waals surface area contributed by atoms with E-state index in [9.17, 15) is 10.1 Å². The van der Waals surface area contributed by atoms with Gasteiger partial charge in [0.2, 0.25) is 0 Å². The van der Waals surface area contributed by atoms with Crippen molar-refractivity contribution in [3.8, 4) is 11.8 Å². The topological polar surface area (TPSA) is 55.2 Å². The molecule has 1 rings (SSSR count). The normalized spacial score (nSPS) is 8.93. The Morgan fingerprint density at radius 1 is 1.57 bits per heavy atom. The predicted molar refractivity (Wildman–Crippen MR) is 53.9 cm³/mol. The summed E-state index contributed by atoms with van der Waals surface area (Å²) in [5.41, 5.74) is 0.732. The number of nitrogens with zero attached hydrogens (tertiary/aromatic N) is 1. The summed E-state index contributed by atoms with van der Waals surface area (Å²) < 4.78 is 0. The van der Waals surface area contributed by atoms with Gasteiger partial charge in [0.05, 0.1) is 11.5 Å². The van der Waals surface area contributed by atoms with Gasteiger partial charge in [-0.15, -0.1) is 0 Å². The van der Waals surface area contributed by atoms with E-state index in [1.165, 1.54) is 12.1 Å². The molecular formula is C10H10N2O2. The Labute approximate surface area is 82.1 Å². The van der Waals surface area contributed by atoms with Crippen molar-refractivity contribution in [2.24, 2.45) is 0 Å². The minimum absolute atomic E-state index is 0.0706. The zero-order valence-electron chi connectivity index (χ0n) is 7.78. The zero-order chi connectivity index (χ0) is 10.4. The predicted octanol–water partition coefficient (Wildman–Crippen LogP) is 1.17. The molecule has 0 bridgehead atoms. The summed E-state index contributed by atoms with van der Waals surface area (Å²) in [6, 6.07) is 6.28. The molecule has 0 atom stereocenters. The van der Waals surface area contributed by atoms with Crippen LogP contribution in [0.3, 0.4) is 0 Å². The van der Waals surface area contributed by atoms with Gasteiger partial charge in [0, 0.05) is 17.7 Å². The van der Waals surface area contributed by atoms with Crippen LogP contribution in [0.2, 0.25) is 0 Å². The molecule has 0 fully saturated rings. The van der Waals surface area contributed by atoms with Crippen molar-refractivity contribution in [3.05, 3.63) is 39.9 Å². The lowest BCUT2D eigenvalue weighted by Gasteiger charge is -1.91. The summed E-state index contributed by atoms with van der Waals surface area (Å²) >= 11 is 0. The van der Waals surface area contributed by atoms with E-state index in [2.05, 4.69) is 17.2 Å². The van der Waals surface area contributed by atoms with Crippen molar-refractivity contribution >= 4 is 5.69 Å². The highest BCUT2D eigenvalue weighted by molar-refractivity contribution is 5.43. The fourth-order valence-corrected chi connectivity index (χ4v) is 0.932. The van der Waals surface area contributed by atoms with Gasteiger partial charge in [-0.2, -0.15) is 0 Å². The number of rotatable bonds is 2. The molecule has 0 aliphatic heterocycles. The number of hydrogen-bond acceptors (Lipinski definition) is 3. The van der Waals surface area contributed by atoms with Gasteiger partial charge in [-0.25, -0.2) is 0 Å². The molecule has 1 N–H and O–H groups in total. The third-order valence-corrected chi connectivity index (χ3v) is 1.55. The summed E-state index contributed by atoms with van der Waals surface area (Å²) in [5.74, 6) is 5.66. The van der Waals surface area contributed by atoms with E-state index in [0.717, 1.165) is 0 Å². The molecule has 14 heavy (non-hydrogen) atoms. The molecule has 1 aromatic carbocycles. The van der Waals surface area contributed by atoms with Gasteiger partial charge in [0.1, 0.15) is 0 Å². The second-order valence-electron chi connectivity index (χ2n) is 2.64. The highest BCUT2D eigenvalue weighted by atomic mass is 16.6. The fraction of sp³-hybridized carbons (Fsp3) is 0.200. The molecule has 0 radical (unpaired) electrons. The van der Waals surface area contributed by atoms with Crippen molar-refractivity contribution in [2.75, 3.05) is 13.6 Å². The molecule has 0 amide bonds. The highest BCUT2D eigenvalue weighted by Crippen LogP contribution is 2.11. The molecule has 0 spiro atoms. The van der Waals surface area contributed by atoms with Gasteiger partial charge in [0.15, 0.2) is 0 Å². The lowest BCUT2D eigenvalue weighted by atomic mass is 10.2. The Morgan fingerprint density at radius 2 is 2.36 bits per heavy atom. The third-order valence-electron chi connectivity index (χ3n) is 1.55. The number of benzene rings is 1. The molecule has 4 nitrogen and oxygen atoms in total. The summed E-state index contributed by atoms with van der Waals surface area (Å²) in [7, 11) is 1.79. The average molecular weight is 190 g/mol. The maximum atomic E-state index is 10.4. The zero-order valence-corrected chi connectivity index (χ0v) is 7.78. The molecule has 0 unspecified atom stereocenters. The number of nitro benzene ring substituents is 1. The Hall–Kier alpha value is -1.86. The second kappa shape index (κ2) is 5.00. The smallest absolute Gasteiger partial charge is 0.270 e. The van der Waals surface area contributed by atoms with Gasteiger partial charge in [-0.3, -0.25) is 10.1 Å². The van der Waals surface area contributed by atoms with Crippen LogP contribution in [0.1, 0.15) is 5.56 Å². The minimum atomic E-state index is -0.427. The van der Waals surface area contributed by atoms with Gasteiger partial charge in [0.25, 0.3) is 5.69 Å². The van der Waals surface area contributed by atoms with Crippen LogP contribution >= 0.6 is 0 Å². The molecule has 72 valence electrons. The quantitative estimate of drug-likeness (QED) is 0.432. The largest absolute Gasteiger partial charge is 0.309 e. The molecule has 0 aromatic heterocycles. The summed E-state index contributed by atoms with van der Waals surface area (Å²) in [6.07, 6.45) is 0. The standard InChI is InChI=1S/C10H10N2O2/c1-11-7-3-5-9-4-2-6-10(8-9)12(13)14/h2,4,6,8,11H,7H2,1H3. The lowest BCUT2D eigenvalue weighted by Crippen LogP contribution is -2.04. The van der Waals surface area contributed by atoms with Crippen LogP contribution in [0.15, 0.2) is 24.3 Å². The minimum Gasteiger partial charge on any atom is -0.309 e. The molecule has 0 saturated heterocycles. The van der Waals surface area contributed by atoms with Crippen LogP contribution in [-0.2, 0) is 0 Å². The van der Waals surface area contributed by atoms with Crippen LogP contribution in [0.4, 0.5) is 5.69 Å². The first kappa shape index (κ1) is 10.2. The molecule has 0 saturated carbocycles. The first-order chi connectivity index (χ1) is 6.74. The van der Waals surface area contributed by atoms with Crippen molar-refractivity contribution in [1.82, 2.24) is 5.32 Å². The van der Waals surface area contributed by atoms with Gasteiger partial charge < -0.3 is 5.32 Å². The van der Waals surface area contributed by atoms with Gasteiger partial charge in [-0.05, 0) is 13.1 Å². The number of non-ortho nitro benzene ring substituents is 1. The first-order valence-corrected chi connectivity index (χ1v) is 4.12. The number of nitrogens with one attached hydrogen (secondary N) is 1. The summed E-state index contributed by atoms with van der Waals surface area (Å²) in [5, 5.41) is 13.3. The van der Waals surface area contributed by atoms with Gasteiger partial charge in [-0.1, -0.05) is 17.9 Å². The Balaban J connectivity index is 2.85. The van der Waals surface area contributed by atoms with E-state index in [-0.39, 0.29) is 5.69 Å². The summed E-state index contributed by atoms with van der Waals surface area (Å²) in [6.45, 7) is 0.572. The molecular weight excluding hydrogens is 180 g/mol. The molecule has 4 heteroatoms. The van der Waals surface area contributed by atoms with E-state index in [0.29, 0.717) is 12.1 Å². The second-order valence-corrected chi connectivity index (χ2v) is 2.64. The van der Waals surface area contributed by atoms with Gasteiger partial charge >= 0.3 is 0 Å². The number of hydrogen-bond donors (Lipinski definition) is 1. The van der Waals surface area contributed by atoms with Crippen LogP contribution in [0, 0.1) is 22.0 Å². The molecule has 0 aliphatic carbocycles. The van der Waals surface area contributed by atoms with Crippen molar-refractivity contribution in [1.29, 1.82) is 0 Å². The van der Waals surface area contributed by atoms with E-state index in [1.807, 2.05) is 0 Å². The van der Waals surface area contributed by atoms with Crippen LogP contribution < -0.4 is 5.32 Å². The van der Waals surface area contributed by atoms with Crippen LogP contribution in [0.25, 0.3) is 0 Å². The summed E-state index contributed by atoms with van der Waals surface area (Å²) in [4.78, 5) is 10.0. The third kappa shape index (κ3) is 2.88. The van der Waals surface area contributed by atoms with Crippen LogP contribution in [0.5, 0.6) is 0 Å². The maximum Gasteiger partial charge on any atom is 0.270 e. The SMILES string of the molecule is CNCC#Cc1cccc([N+](=O)[O-])c1. The van der Waals surface area contributed by atoms with E-state index >= 15 is 0 Å². The average Bonchev–Trinajstić information content (AvgIpc) is 2.19. The van der Waals surface area contributed by atoms with Crippen molar-refractivity contribution < 1.29 is 4.92 Å². The van der Waals surface area contributed by atoms with Crippen molar-refractivity contribution in [2.45, 2.75) is 0 Å². The highest BCUT2D eigenvalue weighted by Gasteiger charge is 2.03. The Morgan fingerprint density at radius 3 is 3.00 bits per heavy atom. The van der Waals surface area contributed by atoms with E-state index < -0.39 is 4.92 Å². The fourth-order valence-electron chi connectivity index (χ4n) is 0.932. The van der Waals surface area contributed by atoms with E-state index in [1.54, 1.807) is 19.2 Å². The Kier molecular flexibility index (Phi) is 3.65. The van der Waals surface area contributed by atoms with E-state index in [4.69, 9.17) is 0 Å². The Bertz CT molecular complexity index is 391. The first-order valence-electron chi connectivity index (χ1n) is 4.12. The van der Waals surface area contributed by atoms with Crippen molar-refractivity contribution in [3.63, 3.8) is 0 Å². The molecule has 0 heterocycles. The monoisotopic (exact) mass is 190 g/mol. The molecule has 1 aromatic rings. The maximum absolute atomic E-state index is 10.4. The molecule has 0 aliphatic rings.